The molecule has 0 fully saturated rings. The number of hydrogen-bond acceptors (Lipinski definition) is 3. The van der Waals surface area contributed by atoms with Gasteiger partial charge in [0, 0.05) is 26.9 Å². The fourth-order valence-corrected chi connectivity index (χ4v) is 3.53. The number of amides is 2. The van der Waals surface area contributed by atoms with Gasteiger partial charge in [0.25, 0.3) is 0 Å². The van der Waals surface area contributed by atoms with Crippen molar-refractivity contribution in [1.29, 1.82) is 0 Å². The van der Waals surface area contributed by atoms with Crippen LogP contribution in [0.15, 0.2) is 48.5 Å². The van der Waals surface area contributed by atoms with Gasteiger partial charge in [-0.3, -0.25) is 9.59 Å². The van der Waals surface area contributed by atoms with Crippen LogP contribution in [0.1, 0.15) is 18.0 Å². The molecule has 4 rings (SSSR count). The summed E-state index contributed by atoms with van der Waals surface area (Å²) in [5.74, 6) is -0.0413. The SMILES string of the molecule is Cc1c(-c2ccc(Cl)cc2)nn2c1NC(=O)C[C@@H]2C(=O)Nc1cccc(Cl)c1. The highest BCUT2D eigenvalue weighted by Gasteiger charge is 2.34. The molecule has 6 nitrogen and oxygen atoms in total. The third-order valence-electron chi connectivity index (χ3n) is 4.59. The first-order chi connectivity index (χ1) is 13.4. The molecule has 0 bridgehead atoms. The first-order valence-electron chi connectivity index (χ1n) is 8.63. The van der Waals surface area contributed by atoms with Gasteiger partial charge in [-0.1, -0.05) is 41.4 Å². The molecule has 0 unspecified atom stereocenters. The number of carbonyl (C=O) groups excluding carboxylic acids is 2. The lowest BCUT2D eigenvalue weighted by molar-refractivity contribution is -0.125. The number of nitrogens with zero attached hydrogens (tertiary/aromatic N) is 2. The minimum absolute atomic E-state index is 0.000572. The molecule has 1 aliphatic heterocycles. The van der Waals surface area contributed by atoms with Gasteiger partial charge in [-0.05, 0) is 37.3 Å². The Morgan fingerprint density at radius 3 is 2.64 bits per heavy atom. The highest BCUT2D eigenvalue weighted by atomic mass is 35.5. The van der Waals surface area contributed by atoms with E-state index >= 15 is 0 Å². The molecule has 2 aromatic carbocycles. The van der Waals surface area contributed by atoms with Crippen LogP contribution in [0.3, 0.4) is 0 Å². The summed E-state index contributed by atoms with van der Waals surface area (Å²) in [5.41, 5.74) is 2.89. The molecular formula is C20H16Cl2N4O2. The predicted molar refractivity (Wildman–Crippen MR) is 110 cm³/mol. The van der Waals surface area contributed by atoms with Gasteiger partial charge in [0.05, 0.1) is 12.1 Å². The standard InChI is InChI=1S/C20H16Cl2N4O2/c1-11-18(12-5-7-13(21)8-6-12)25-26-16(10-17(27)24-19(11)26)20(28)23-15-4-2-3-14(22)9-15/h2-9,16H,10H2,1H3,(H,23,28)(H,24,27)/t16-/m1/s1. The van der Waals surface area contributed by atoms with Crippen LogP contribution in [-0.2, 0) is 9.59 Å². The van der Waals surface area contributed by atoms with Crippen LogP contribution in [0.4, 0.5) is 11.5 Å². The number of nitrogens with one attached hydrogen (secondary N) is 2. The minimum atomic E-state index is -0.762. The molecule has 1 aliphatic rings. The summed E-state index contributed by atoms with van der Waals surface area (Å²) in [7, 11) is 0. The van der Waals surface area contributed by atoms with E-state index in [0.717, 1.165) is 11.1 Å². The summed E-state index contributed by atoms with van der Waals surface area (Å²) in [6.45, 7) is 1.86. The molecule has 0 saturated carbocycles. The third kappa shape index (κ3) is 3.48. The minimum Gasteiger partial charge on any atom is -0.324 e. The van der Waals surface area contributed by atoms with Crippen molar-refractivity contribution in [2.75, 3.05) is 10.6 Å². The number of fused-ring (bicyclic) bond motifs is 1. The van der Waals surface area contributed by atoms with E-state index in [9.17, 15) is 9.59 Å². The summed E-state index contributed by atoms with van der Waals surface area (Å²) < 4.78 is 1.57. The number of aromatic nitrogens is 2. The van der Waals surface area contributed by atoms with E-state index in [4.69, 9.17) is 23.2 Å². The van der Waals surface area contributed by atoms with Crippen molar-refractivity contribution in [3.05, 3.63) is 64.1 Å². The zero-order valence-corrected chi connectivity index (χ0v) is 16.4. The molecule has 142 valence electrons. The molecule has 2 amide bonds. The van der Waals surface area contributed by atoms with E-state index in [1.165, 1.54) is 0 Å². The quantitative estimate of drug-likeness (QED) is 0.652. The van der Waals surface area contributed by atoms with E-state index in [2.05, 4.69) is 15.7 Å². The fourth-order valence-electron chi connectivity index (χ4n) is 3.22. The van der Waals surface area contributed by atoms with Gasteiger partial charge in [-0.15, -0.1) is 0 Å². The Kier molecular flexibility index (Phi) is 4.83. The second-order valence-electron chi connectivity index (χ2n) is 6.54. The van der Waals surface area contributed by atoms with Crippen molar-refractivity contribution in [3.8, 4) is 11.3 Å². The zero-order valence-electron chi connectivity index (χ0n) is 14.9. The van der Waals surface area contributed by atoms with E-state index in [1.807, 2.05) is 19.1 Å². The molecule has 0 saturated heterocycles. The van der Waals surface area contributed by atoms with Crippen LogP contribution >= 0.6 is 23.2 Å². The van der Waals surface area contributed by atoms with Gasteiger partial charge >= 0.3 is 0 Å². The van der Waals surface area contributed by atoms with E-state index in [1.54, 1.807) is 41.1 Å². The lowest BCUT2D eigenvalue weighted by atomic mass is 10.1. The molecule has 1 atom stereocenters. The number of anilines is 2. The number of rotatable bonds is 3. The topological polar surface area (TPSA) is 76.0 Å². The average Bonchev–Trinajstić information content (AvgIpc) is 2.98. The van der Waals surface area contributed by atoms with Crippen LogP contribution in [0, 0.1) is 6.92 Å². The average molecular weight is 415 g/mol. The Labute approximate surface area is 171 Å². The van der Waals surface area contributed by atoms with E-state index < -0.39 is 6.04 Å². The first kappa shape index (κ1) is 18.5. The molecule has 2 N–H and O–H groups in total. The second-order valence-corrected chi connectivity index (χ2v) is 7.41. The van der Waals surface area contributed by atoms with Crippen molar-refractivity contribution in [2.24, 2.45) is 0 Å². The Morgan fingerprint density at radius 1 is 1.18 bits per heavy atom. The van der Waals surface area contributed by atoms with Crippen LogP contribution in [0.25, 0.3) is 11.3 Å². The normalized spacial score (nSPS) is 15.7. The lowest BCUT2D eigenvalue weighted by Gasteiger charge is -2.24. The van der Waals surface area contributed by atoms with Crippen LogP contribution in [0.5, 0.6) is 0 Å². The fraction of sp³-hybridized carbons (Fsp3) is 0.150. The Bertz CT molecular complexity index is 1080. The monoisotopic (exact) mass is 414 g/mol. The van der Waals surface area contributed by atoms with Crippen molar-refractivity contribution in [3.63, 3.8) is 0 Å². The van der Waals surface area contributed by atoms with Crippen LogP contribution < -0.4 is 10.6 Å². The van der Waals surface area contributed by atoms with Gasteiger partial charge in [0.2, 0.25) is 11.8 Å². The molecule has 0 aliphatic carbocycles. The Morgan fingerprint density at radius 2 is 1.93 bits per heavy atom. The molecule has 0 radical (unpaired) electrons. The number of halogens is 2. The summed E-state index contributed by atoms with van der Waals surface area (Å²) in [6.07, 6.45) is 0.000572. The van der Waals surface area contributed by atoms with Crippen molar-refractivity contribution < 1.29 is 9.59 Å². The summed E-state index contributed by atoms with van der Waals surface area (Å²) in [6, 6.07) is 13.3. The molecule has 0 spiro atoms. The van der Waals surface area contributed by atoms with Crippen molar-refractivity contribution in [1.82, 2.24) is 9.78 Å². The van der Waals surface area contributed by atoms with E-state index in [-0.39, 0.29) is 18.2 Å². The maximum atomic E-state index is 12.9. The van der Waals surface area contributed by atoms with Crippen LogP contribution in [-0.4, -0.2) is 21.6 Å². The molecule has 8 heteroatoms. The molecule has 1 aromatic heterocycles. The summed E-state index contributed by atoms with van der Waals surface area (Å²) >= 11 is 11.9. The van der Waals surface area contributed by atoms with E-state index in [0.29, 0.717) is 27.2 Å². The zero-order chi connectivity index (χ0) is 19.8. The van der Waals surface area contributed by atoms with Gasteiger partial charge in [-0.25, -0.2) is 4.68 Å². The predicted octanol–water partition coefficient (Wildman–Crippen LogP) is 4.69. The Hall–Kier alpha value is -2.83. The smallest absolute Gasteiger partial charge is 0.249 e. The van der Waals surface area contributed by atoms with Gasteiger partial charge in [-0.2, -0.15) is 5.10 Å². The lowest BCUT2D eigenvalue weighted by Crippen LogP contribution is -2.35. The molecule has 28 heavy (non-hydrogen) atoms. The Balaban J connectivity index is 1.70. The van der Waals surface area contributed by atoms with Crippen LogP contribution in [0.2, 0.25) is 10.0 Å². The summed E-state index contributed by atoms with van der Waals surface area (Å²) in [5, 5.41) is 11.4. The second kappa shape index (κ2) is 7.30. The molecular weight excluding hydrogens is 399 g/mol. The summed E-state index contributed by atoms with van der Waals surface area (Å²) in [4.78, 5) is 25.1. The first-order valence-corrected chi connectivity index (χ1v) is 9.39. The van der Waals surface area contributed by atoms with Gasteiger partial charge in [0.15, 0.2) is 0 Å². The largest absolute Gasteiger partial charge is 0.324 e. The number of hydrogen-bond donors (Lipinski definition) is 2. The number of carbonyl (C=O) groups is 2. The maximum absolute atomic E-state index is 12.9. The van der Waals surface area contributed by atoms with Gasteiger partial charge in [0.1, 0.15) is 11.9 Å². The maximum Gasteiger partial charge on any atom is 0.249 e. The molecule has 3 aromatic rings. The highest BCUT2D eigenvalue weighted by molar-refractivity contribution is 6.31. The molecule has 2 heterocycles. The number of benzene rings is 2. The highest BCUT2D eigenvalue weighted by Crippen LogP contribution is 2.34. The third-order valence-corrected chi connectivity index (χ3v) is 5.08. The van der Waals surface area contributed by atoms with Crippen molar-refractivity contribution in [2.45, 2.75) is 19.4 Å². The van der Waals surface area contributed by atoms with Crippen molar-refractivity contribution >= 4 is 46.5 Å². The van der Waals surface area contributed by atoms with Gasteiger partial charge < -0.3 is 10.6 Å².